The maximum absolute atomic E-state index is 12.0. The molecule has 0 aromatic carbocycles. The number of likely N-dealkylation sites (tertiary alicyclic amines) is 1. The van der Waals surface area contributed by atoms with E-state index in [4.69, 9.17) is 10.8 Å². The molecule has 0 radical (unpaired) electrons. The lowest BCUT2D eigenvalue weighted by molar-refractivity contribution is -0.141. The number of amides is 1. The molecule has 2 unspecified atom stereocenters. The number of carboxylic acid groups (broad SMARTS) is 1. The number of carbonyl (C=O) groups is 2. The molecule has 5 heteroatoms. The van der Waals surface area contributed by atoms with Crippen LogP contribution in [0.4, 0.5) is 0 Å². The summed E-state index contributed by atoms with van der Waals surface area (Å²) < 4.78 is 0. The molecule has 1 heterocycles. The summed E-state index contributed by atoms with van der Waals surface area (Å²) in [4.78, 5) is 24.5. The lowest BCUT2D eigenvalue weighted by Crippen LogP contribution is -2.33. The molecule has 1 rings (SSSR count). The van der Waals surface area contributed by atoms with E-state index in [2.05, 4.69) is 13.8 Å². The van der Waals surface area contributed by atoms with Crippen LogP contribution >= 0.6 is 0 Å². The van der Waals surface area contributed by atoms with E-state index in [0.29, 0.717) is 38.4 Å². The number of hydrogen-bond acceptors (Lipinski definition) is 3. The molecule has 18 heavy (non-hydrogen) atoms. The van der Waals surface area contributed by atoms with Gasteiger partial charge in [-0.2, -0.15) is 0 Å². The second-order valence-electron chi connectivity index (χ2n) is 5.60. The maximum Gasteiger partial charge on any atom is 0.308 e. The number of rotatable bonds is 6. The van der Waals surface area contributed by atoms with E-state index in [1.807, 2.05) is 0 Å². The van der Waals surface area contributed by atoms with Crippen molar-refractivity contribution in [2.24, 2.45) is 23.5 Å². The third kappa shape index (κ3) is 4.29. The molecule has 1 aliphatic rings. The fraction of sp³-hybridized carbons (Fsp3) is 0.846. The second kappa shape index (κ2) is 6.73. The Morgan fingerprint density at radius 3 is 2.56 bits per heavy atom. The molecule has 0 aliphatic carbocycles. The fourth-order valence-electron chi connectivity index (χ4n) is 2.49. The van der Waals surface area contributed by atoms with Crippen LogP contribution in [0.5, 0.6) is 0 Å². The zero-order valence-corrected chi connectivity index (χ0v) is 11.3. The summed E-state index contributed by atoms with van der Waals surface area (Å²) in [6.45, 7) is 5.66. The minimum Gasteiger partial charge on any atom is -0.481 e. The van der Waals surface area contributed by atoms with Gasteiger partial charge in [0.1, 0.15) is 0 Å². The van der Waals surface area contributed by atoms with Gasteiger partial charge in [-0.3, -0.25) is 9.59 Å². The largest absolute Gasteiger partial charge is 0.481 e. The number of nitrogens with two attached hydrogens (primary N) is 1. The van der Waals surface area contributed by atoms with E-state index in [1.54, 1.807) is 4.90 Å². The second-order valence-corrected chi connectivity index (χ2v) is 5.60. The van der Waals surface area contributed by atoms with Gasteiger partial charge in [0, 0.05) is 19.5 Å². The molecule has 104 valence electrons. The highest BCUT2D eigenvalue weighted by atomic mass is 16.4. The number of nitrogens with zero attached hydrogens (tertiary/aromatic N) is 1. The van der Waals surface area contributed by atoms with Crippen molar-refractivity contribution in [2.75, 3.05) is 19.6 Å². The lowest BCUT2D eigenvalue weighted by Gasteiger charge is -2.21. The van der Waals surface area contributed by atoms with Crippen LogP contribution in [-0.4, -0.2) is 41.5 Å². The Labute approximate surface area is 108 Å². The van der Waals surface area contributed by atoms with Crippen LogP contribution in [0.1, 0.15) is 33.1 Å². The van der Waals surface area contributed by atoms with Gasteiger partial charge in [0.2, 0.25) is 5.91 Å². The van der Waals surface area contributed by atoms with Gasteiger partial charge in [-0.1, -0.05) is 13.8 Å². The molecule has 0 spiro atoms. The summed E-state index contributed by atoms with van der Waals surface area (Å²) in [6.07, 6.45) is 1.96. The van der Waals surface area contributed by atoms with Gasteiger partial charge in [0.15, 0.2) is 0 Å². The monoisotopic (exact) mass is 256 g/mol. The highest BCUT2D eigenvalue weighted by Gasteiger charge is 2.31. The first-order chi connectivity index (χ1) is 8.43. The summed E-state index contributed by atoms with van der Waals surface area (Å²) in [6, 6.07) is 0. The predicted octanol–water partition coefficient (Wildman–Crippen LogP) is 0.931. The number of carboxylic acids is 1. The van der Waals surface area contributed by atoms with Gasteiger partial charge in [-0.15, -0.1) is 0 Å². The van der Waals surface area contributed by atoms with Crippen molar-refractivity contribution >= 4 is 11.9 Å². The Hall–Kier alpha value is -1.10. The van der Waals surface area contributed by atoms with Crippen LogP contribution in [0.2, 0.25) is 0 Å². The van der Waals surface area contributed by atoms with Crippen molar-refractivity contribution in [2.45, 2.75) is 33.1 Å². The Morgan fingerprint density at radius 1 is 1.44 bits per heavy atom. The SMILES string of the molecule is CC(C)CC(CN)CC(=O)N1CCC(C(=O)O)C1. The highest BCUT2D eigenvalue weighted by molar-refractivity contribution is 5.78. The summed E-state index contributed by atoms with van der Waals surface area (Å²) in [5, 5.41) is 8.90. The Morgan fingerprint density at radius 2 is 2.11 bits per heavy atom. The normalized spacial score (nSPS) is 21.3. The van der Waals surface area contributed by atoms with Crippen molar-refractivity contribution in [3.63, 3.8) is 0 Å². The van der Waals surface area contributed by atoms with Gasteiger partial charge < -0.3 is 15.7 Å². The average Bonchev–Trinajstić information content (AvgIpc) is 2.76. The van der Waals surface area contributed by atoms with Crippen LogP contribution in [0, 0.1) is 17.8 Å². The van der Waals surface area contributed by atoms with Crippen molar-refractivity contribution in [1.82, 2.24) is 4.90 Å². The molecule has 1 aliphatic heterocycles. The smallest absolute Gasteiger partial charge is 0.308 e. The Bertz CT molecular complexity index is 305. The van der Waals surface area contributed by atoms with Crippen molar-refractivity contribution in [1.29, 1.82) is 0 Å². The molecular weight excluding hydrogens is 232 g/mol. The van der Waals surface area contributed by atoms with Crippen LogP contribution in [0.25, 0.3) is 0 Å². The molecule has 1 amide bonds. The molecule has 0 aromatic rings. The first-order valence-corrected chi connectivity index (χ1v) is 6.64. The number of carbonyl (C=O) groups excluding carboxylic acids is 1. The van der Waals surface area contributed by atoms with E-state index < -0.39 is 11.9 Å². The quantitative estimate of drug-likeness (QED) is 0.740. The maximum atomic E-state index is 12.0. The van der Waals surface area contributed by atoms with Gasteiger partial charge >= 0.3 is 5.97 Å². The fourth-order valence-corrected chi connectivity index (χ4v) is 2.49. The van der Waals surface area contributed by atoms with E-state index in [-0.39, 0.29) is 11.8 Å². The molecule has 3 N–H and O–H groups in total. The molecule has 0 bridgehead atoms. The van der Waals surface area contributed by atoms with Crippen molar-refractivity contribution < 1.29 is 14.7 Å². The van der Waals surface area contributed by atoms with E-state index in [9.17, 15) is 9.59 Å². The third-order valence-corrected chi connectivity index (χ3v) is 3.49. The molecule has 1 saturated heterocycles. The lowest BCUT2D eigenvalue weighted by atomic mass is 9.94. The summed E-state index contributed by atoms with van der Waals surface area (Å²) >= 11 is 0. The van der Waals surface area contributed by atoms with Gasteiger partial charge in [0.25, 0.3) is 0 Å². The van der Waals surface area contributed by atoms with Crippen molar-refractivity contribution in [3.05, 3.63) is 0 Å². The molecule has 2 atom stereocenters. The van der Waals surface area contributed by atoms with Crippen LogP contribution in [0.3, 0.4) is 0 Å². The topological polar surface area (TPSA) is 83.6 Å². The van der Waals surface area contributed by atoms with E-state index in [0.717, 1.165) is 6.42 Å². The molecule has 5 nitrogen and oxygen atoms in total. The van der Waals surface area contributed by atoms with Crippen molar-refractivity contribution in [3.8, 4) is 0 Å². The Kier molecular flexibility index (Phi) is 5.59. The van der Waals surface area contributed by atoms with Crippen LogP contribution in [0.15, 0.2) is 0 Å². The standard InChI is InChI=1S/C13H24N2O3/c1-9(2)5-10(7-14)6-12(16)15-4-3-11(8-15)13(17)18/h9-11H,3-8,14H2,1-2H3,(H,17,18). The van der Waals surface area contributed by atoms with E-state index >= 15 is 0 Å². The molecule has 0 aromatic heterocycles. The third-order valence-electron chi connectivity index (χ3n) is 3.49. The molecule has 1 fully saturated rings. The number of aliphatic carboxylic acids is 1. The van der Waals surface area contributed by atoms with Gasteiger partial charge in [-0.25, -0.2) is 0 Å². The van der Waals surface area contributed by atoms with Gasteiger partial charge in [-0.05, 0) is 31.2 Å². The minimum absolute atomic E-state index is 0.0508. The zero-order valence-electron chi connectivity index (χ0n) is 11.3. The summed E-state index contributed by atoms with van der Waals surface area (Å²) in [7, 11) is 0. The van der Waals surface area contributed by atoms with Gasteiger partial charge in [0.05, 0.1) is 5.92 Å². The van der Waals surface area contributed by atoms with Crippen LogP contribution < -0.4 is 5.73 Å². The minimum atomic E-state index is -0.803. The molecular formula is C13H24N2O3. The predicted molar refractivity (Wildman–Crippen MR) is 68.9 cm³/mol. The Balaban J connectivity index is 2.43. The molecule has 0 saturated carbocycles. The number of hydrogen-bond donors (Lipinski definition) is 2. The average molecular weight is 256 g/mol. The first kappa shape index (κ1) is 15.0. The highest BCUT2D eigenvalue weighted by Crippen LogP contribution is 2.20. The first-order valence-electron chi connectivity index (χ1n) is 6.64. The van der Waals surface area contributed by atoms with Crippen LogP contribution in [-0.2, 0) is 9.59 Å². The summed E-state index contributed by atoms with van der Waals surface area (Å²) in [5.41, 5.74) is 5.68. The zero-order chi connectivity index (χ0) is 13.7. The summed E-state index contributed by atoms with van der Waals surface area (Å²) in [5.74, 6) is -0.411. The van der Waals surface area contributed by atoms with E-state index in [1.165, 1.54) is 0 Å².